The molecule has 7 nitrogen and oxygen atoms in total. The van der Waals surface area contributed by atoms with Gasteiger partial charge in [0.15, 0.2) is 5.13 Å². The van der Waals surface area contributed by atoms with Gasteiger partial charge < -0.3 is 14.6 Å². The second-order valence-electron chi connectivity index (χ2n) is 8.29. The van der Waals surface area contributed by atoms with Crippen LogP contribution in [0.5, 0.6) is 0 Å². The summed E-state index contributed by atoms with van der Waals surface area (Å²) >= 11 is 1.41. The highest BCUT2D eigenvalue weighted by atomic mass is 32.1. The number of thiazole rings is 1. The van der Waals surface area contributed by atoms with E-state index in [9.17, 15) is 4.79 Å². The van der Waals surface area contributed by atoms with Crippen molar-refractivity contribution in [2.24, 2.45) is 7.05 Å². The maximum atomic E-state index is 12.5. The van der Waals surface area contributed by atoms with Crippen LogP contribution in [-0.4, -0.2) is 26.0 Å². The van der Waals surface area contributed by atoms with E-state index in [4.69, 9.17) is 9.72 Å². The third-order valence-electron chi connectivity index (χ3n) is 5.38. The van der Waals surface area contributed by atoms with Crippen LogP contribution in [0.1, 0.15) is 47.9 Å². The van der Waals surface area contributed by atoms with Gasteiger partial charge in [-0.2, -0.15) is 0 Å². The minimum absolute atomic E-state index is 0.0522. The van der Waals surface area contributed by atoms with E-state index in [1.807, 2.05) is 49.0 Å². The van der Waals surface area contributed by atoms with Gasteiger partial charge in [0.1, 0.15) is 22.7 Å². The number of rotatable bonds is 3. The molecular weight excluding hydrogens is 398 g/mol. The SMILES string of the molecule is Cn1ccnc1C1=C(C2=CN(c3nc4c(s3)C(=O)NC(C)(C)C4)C=CO2)CCC=C1. The van der Waals surface area contributed by atoms with Crippen molar-refractivity contribution in [3.8, 4) is 0 Å². The topological polar surface area (TPSA) is 72.3 Å². The van der Waals surface area contributed by atoms with Gasteiger partial charge in [-0.3, -0.25) is 9.69 Å². The number of fused-ring (bicyclic) bond motifs is 1. The fourth-order valence-corrected chi connectivity index (χ4v) is 4.90. The largest absolute Gasteiger partial charge is 0.462 e. The molecule has 0 bridgehead atoms. The maximum Gasteiger partial charge on any atom is 0.263 e. The Hall–Kier alpha value is -3.13. The molecule has 0 radical (unpaired) electrons. The van der Waals surface area contributed by atoms with Crippen LogP contribution in [0.15, 0.2) is 54.5 Å². The molecule has 2 aromatic rings. The van der Waals surface area contributed by atoms with E-state index in [0.717, 1.165) is 46.4 Å². The third kappa shape index (κ3) is 3.27. The van der Waals surface area contributed by atoms with Gasteiger partial charge in [0.25, 0.3) is 5.91 Å². The summed E-state index contributed by atoms with van der Waals surface area (Å²) in [6.07, 6.45) is 16.0. The van der Waals surface area contributed by atoms with Crippen LogP contribution in [0, 0.1) is 0 Å². The van der Waals surface area contributed by atoms with Gasteiger partial charge in [-0.1, -0.05) is 23.5 Å². The van der Waals surface area contributed by atoms with Crippen molar-refractivity contribution in [1.82, 2.24) is 19.9 Å². The van der Waals surface area contributed by atoms with Gasteiger partial charge >= 0.3 is 0 Å². The number of ether oxygens (including phenoxy) is 1. The van der Waals surface area contributed by atoms with Crippen molar-refractivity contribution in [1.29, 1.82) is 0 Å². The molecule has 0 spiro atoms. The maximum absolute atomic E-state index is 12.5. The van der Waals surface area contributed by atoms with Gasteiger partial charge in [0.05, 0.1) is 11.9 Å². The monoisotopic (exact) mass is 421 g/mol. The van der Waals surface area contributed by atoms with Crippen LogP contribution in [0.25, 0.3) is 5.57 Å². The second kappa shape index (κ2) is 6.98. The van der Waals surface area contributed by atoms with E-state index in [0.29, 0.717) is 11.3 Å². The lowest BCUT2D eigenvalue weighted by Gasteiger charge is -2.29. The zero-order valence-electron chi connectivity index (χ0n) is 17.2. The Bertz CT molecular complexity index is 1150. The number of hydrogen-bond donors (Lipinski definition) is 1. The van der Waals surface area contributed by atoms with Gasteiger partial charge in [0.2, 0.25) is 0 Å². The molecule has 2 aliphatic heterocycles. The van der Waals surface area contributed by atoms with Crippen LogP contribution < -0.4 is 10.2 Å². The summed E-state index contributed by atoms with van der Waals surface area (Å²) in [5.74, 6) is 1.64. The molecule has 0 fully saturated rings. The molecule has 0 atom stereocenters. The fourth-order valence-electron chi connectivity index (χ4n) is 3.97. The molecular formula is C22H23N5O2S. The van der Waals surface area contributed by atoms with Crippen molar-refractivity contribution in [3.63, 3.8) is 0 Å². The number of imidazole rings is 1. The van der Waals surface area contributed by atoms with E-state index in [1.54, 1.807) is 12.5 Å². The highest BCUT2D eigenvalue weighted by Gasteiger charge is 2.34. The van der Waals surface area contributed by atoms with Crippen molar-refractivity contribution >= 4 is 27.9 Å². The number of anilines is 1. The van der Waals surface area contributed by atoms with Gasteiger partial charge in [-0.05, 0) is 26.7 Å². The molecule has 3 aliphatic rings. The van der Waals surface area contributed by atoms with Gasteiger partial charge in [0, 0.05) is 48.7 Å². The van der Waals surface area contributed by atoms with Crippen LogP contribution in [-0.2, 0) is 18.2 Å². The Morgan fingerprint density at radius 3 is 3.00 bits per heavy atom. The van der Waals surface area contributed by atoms with Gasteiger partial charge in [-0.25, -0.2) is 9.97 Å². The highest BCUT2D eigenvalue weighted by Crippen LogP contribution is 2.36. The van der Waals surface area contributed by atoms with Gasteiger partial charge in [-0.15, -0.1) is 0 Å². The number of hydrogen-bond acceptors (Lipinski definition) is 6. The first-order valence-electron chi connectivity index (χ1n) is 9.95. The molecule has 5 rings (SSSR count). The molecule has 1 N–H and O–H groups in total. The first-order chi connectivity index (χ1) is 14.4. The van der Waals surface area contributed by atoms with E-state index < -0.39 is 0 Å². The molecule has 4 heterocycles. The lowest BCUT2D eigenvalue weighted by atomic mass is 9.94. The normalized spacial score (nSPS) is 20.0. The number of aryl methyl sites for hydroxylation is 1. The lowest BCUT2D eigenvalue weighted by Crippen LogP contribution is -2.48. The van der Waals surface area contributed by atoms with Crippen LogP contribution >= 0.6 is 11.3 Å². The molecule has 0 saturated carbocycles. The van der Waals surface area contributed by atoms with Crippen molar-refractivity contribution in [2.45, 2.75) is 38.6 Å². The third-order valence-corrected chi connectivity index (χ3v) is 6.49. The Balaban J connectivity index is 1.52. The lowest BCUT2D eigenvalue weighted by molar-refractivity contribution is 0.0901. The Labute approximate surface area is 179 Å². The average Bonchev–Trinajstić information content (AvgIpc) is 3.33. The summed E-state index contributed by atoms with van der Waals surface area (Å²) in [5.41, 5.74) is 2.75. The van der Waals surface area contributed by atoms with Crippen LogP contribution in [0.3, 0.4) is 0 Å². The minimum Gasteiger partial charge on any atom is -0.462 e. The summed E-state index contributed by atoms with van der Waals surface area (Å²) in [6, 6.07) is 0. The first-order valence-corrected chi connectivity index (χ1v) is 10.8. The Morgan fingerprint density at radius 1 is 1.33 bits per heavy atom. The summed E-state index contributed by atoms with van der Waals surface area (Å²) in [4.78, 5) is 24.4. The van der Waals surface area contributed by atoms with Crippen molar-refractivity contribution in [3.05, 3.63) is 70.9 Å². The predicted octanol–water partition coefficient (Wildman–Crippen LogP) is 3.89. The molecule has 2 aromatic heterocycles. The molecule has 1 aliphatic carbocycles. The standard InChI is InChI=1S/C22H23N5O2S/c1-22(2)12-16-18(20(28)25-22)30-21(24-16)27-10-11-29-17(13-27)14-6-4-5-7-15(14)19-23-8-9-26(19)3/h5,7-11,13H,4,6,12H2,1-3H3,(H,25,28). The van der Waals surface area contributed by atoms with Crippen molar-refractivity contribution in [2.75, 3.05) is 4.90 Å². The Morgan fingerprint density at radius 2 is 2.20 bits per heavy atom. The molecule has 154 valence electrons. The number of carbonyl (C=O) groups is 1. The molecule has 30 heavy (non-hydrogen) atoms. The summed E-state index contributed by atoms with van der Waals surface area (Å²) in [7, 11) is 1.99. The van der Waals surface area contributed by atoms with E-state index in [2.05, 4.69) is 22.5 Å². The first kappa shape index (κ1) is 18.9. The number of nitrogens with zero attached hydrogens (tertiary/aromatic N) is 4. The average molecular weight is 422 g/mol. The Kier molecular flexibility index (Phi) is 4.39. The number of aromatic nitrogens is 3. The summed E-state index contributed by atoms with van der Waals surface area (Å²) < 4.78 is 7.91. The number of nitrogens with one attached hydrogen (secondary N) is 1. The zero-order chi connectivity index (χ0) is 20.9. The molecule has 0 unspecified atom stereocenters. The number of allylic oxidation sites excluding steroid dienone is 4. The van der Waals surface area contributed by atoms with Crippen LogP contribution in [0.4, 0.5) is 5.13 Å². The smallest absolute Gasteiger partial charge is 0.263 e. The van der Waals surface area contributed by atoms with E-state index in [1.165, 1.54) is 11.3 Å². The molecule has 1 amide bonds. The predicted molar refractivity (Wildman–Crippen MR) is 117 cm³/mol. The van der Waals surface area contributed by atoms with E-state index >= 15 is 0 Å². The summed E-state index contributed by atoms with van der Waals surface area (Å²) in [6.45, 7) is 4.03. The quantitative estimate of drug-likeness (QED) is 0.814. The number of carbonyl (C=O) groups excluding carboxylic acids is 1. The highest BCUT2D eigenvalue weighted by molar-refractivity contribution is 7.17. The fraction of sp³-hybridized carbons (Fsp3) is 0.318. The second-order valence-corrected chi connectivity index (χ2v) is 9.26. The molecule has 0 aromatic carbocycles. The number of amides is 1. The zero-order valence-corrected chi connectivity index (χ0v) is 18.0. The molecule has 0 saturated heterocycles. The van der Waals surface area contributed by atoms with Crippen LogP contribution in [0.2, 0.25) is 0 Å². The summed E-state index contributed by atoms with van der Waals surface area (Å²) in [5, 5.41) is 3.81. The van der Waals surface area contributed by atoms with E-state index in [-0.39, 0.29) is 11.4 Å². The molecule has 8 heteroatoms. The van der Waals surface area contributed by atoms with Crippen molar-refractivity contribution < 1.29 is 9.53 Å². The minimum atomic E-state index is -0.284.